The van der Waals surface area contributed by atoms with Gasteiger partial charge in [-0.2, -0.15) is 0 Å². The van der Waals surface area contributed by atoms with E-state index in [0.29, 0.717) is 47.7 Å². The van der Waals surface area contributed by atoms with Crippen LogP contribution in [0.2, 0.25) is 10.0 Å². The number of ether oxygens (including phenoxy) is 1. The highest BCUT2D eigenvalue weighted by Gasteiger charge is 2.24. The van der Waals surface area contributed by atoms with Crippen molar-refractivity contribution in [2.75, 3.05) is 26.2 Å². The molecule has 0 saturated carbocycles. The number of benzene rings is 1. The molecule has 1 aromatic carbocycles. The van der Waals surface area contributed by atoms with Gasteiger partial charge in [0.1, 0.15) is 10.8 Å². The van der Waals surface area contributed by atoms with Crippen molar-refractivity contribution < 1.29 is 9.53 Å². The zero-order chi connectivity index (χ0) is 15.2. The van der Waals surface area contributed by atoms with E-state index in [9.17, 15) is 4.79 Å². The van der Waals surface area contributed by atoms with E-state index in [4.69, 9.17) is 33.7 Å². The van der Waals surface area contributed by atoms with E-state index in [1.165, 1.54) is 0 Å². The first-order valence-corrected chi connectivity index (χ1v) is 7.92. The molecular formula is C15H20Cl2N2O2. The predicted octanol–water partition coefficient (Wildman–Crippen LogP) is 2.96. The third-order valence-electron chi connectivity index (χ3n) is 3.68. The molecule has 1 amide bonds. The molecule has 6 heteroatoms. The highest BCUT2D eigenvalue weighted by atomic mass is 35.5. The van der Waals surface area contributed by atoms with Crippen LogP contribution in [-0.2, 0) is 4.79 Å². The van der Waals surface area contributed by atoms with Crippen molar-refractivity contribution in [3.63, 3.8) is 0 Å². The molecule has 4 nitrogen and oxygen atoms in total. The minimum atomic E-state index is 0.173. The van der Waals surface area contributed by atoms with Crippen molar-refractivity contribution in [2.45, 2.75) is 19.3 Å². The van der Waals surface area contributed by atoms with Gasteiger partial charge in [-0.3, -0.25) is 4.79 Å². The summed E-state index contributed by atoms with van der Waals surface area (Å²) < 4.78 is 5.57. The van der Waals surface area contributed by atoms with Gasteiger partial charge >= 0.3 is 0 Å². The molecule has 1 fully saturated rings. The van der Waals surface area contributed by atoms with Crippen LogP contribution in [0.25, 0.3) is 0 Å². The summed E-state index contributed by atoms with van der Waals surface area (Å²) in [5.41, 5.74) is 5.63. The topological polar surface area (TPSA) is 55.6 Å². The number of carbonyl (C=O) groups is 1. The number of rotatable bonds is 6. The molecular weight excluding hydrogens is 311 g/mol. The molecule has 0 aliphatic carbocycles. The van der Waals surface area contributed by atoms with Crippen LogP contribution in [-0.4, -0.2) is 37.0 Å². The van der Waals surface area contributed by atoms with Gasteiger partial charge in [-0.15, -0.1) is 0 Å². The van der Waals surface area contributed by atoms with Crippen LogP contribution in [0.15, 0.2) is 18.2 Å². The van der Waals surface area contributed by atoms with E-state index in [-0.39, 0.29) is 5.91 Å². The lowest BCUT2D eigenvalue weighted by Crippen LogP contribution is -2.29. The van der Waals surface area contributed by atoms with Crippen molar-refractivity contribution in [3.05, 3.63) is 28.2 Å². The molecule has 1 atom stereocenters. The van der Waals surface area contributed by atoms with E-state index in [1.54, 1.807) is 18.2 Å². The average molecular weight is 331 g/mol. The molecule has 2 rings (SSSR count). The molecule has 1 saturated heterocycles. The Bertz CT molecular complexity index is 497. The highest BCUT2D eigenvalue weighted by Crippen LogP contribution is 2.31. The van der Waals surface area contributed by atoms with Gasteiger partial charge in [-0.05, 0) is 37.4 Å². The molecule has 1 heterocycles. The van der Waals surface area contributed by atoms with Gasteiger partial charge in [-0.1, -0.05) is 29.3 Å². The minimum absolute atomic E-state index is 0.173. The number of hydrogen-bond acceptors (Lipinski definition) is 3. The van der Waals surface area contributed by atoms with E-state index < -0.39 is 0 Å². The summed E-state index contributed by atoms with van der Waals surface area (Å²) in [5, 5.41) is 0.881. The first kappa shape index (κ1) is 16.4. The third-order valence-corrected chi connectivity index (χ3v) is 4.48. The van der Waals surface area contributed by atoms with E-state index in [0.717, 1.165) is 19.5 Å². The average Bonchev–Trinajstić information content (AvgIpc) is 2.96. The van der Waals surface area contributed by atoms with Crippen LogP contribution in [0.4, 0.5) is 0 Å². The second-order valence-corrected chi connectivity index (χ2v) is 6.02. The summed E-state index contributed by atoms with van der Waals surface area (Å²) in [6.45, 7) is 2.71. The van der Waals surface area contributed by atoms with Gasteiger partial charge < -0.3 is 15.4 Å². The number of hydrogen-bond donors (Lipinski definition) is 1. The number of halogens is 2. The summed E-state index contributed by atoms with van der Waals surface area (Å²) in [5.74, 6) is 1.18. The standard InChI is InChI=1S/C15H20Cl2N2O2/c16-12-3-1-4-13(15(12)17)21-8-2-5-14(20)19-7-6-11(9-18)10-19/h1,3-4,11H,2,5-10,18H2. The maximum atomic E-state index is 12.0. The largest absolute Gasteiger partial charge is 0.492 e. The monoisotopic (exact) mass is 330 g/mol. The molecule has 2 N–H and O–H groups in total. The molecule has 1 aliphatic heterocycles. The fraction of sp³-hybridized carbons (Fsp3) is 0.533. The Morgan fingerprint density at radius 2 is 2.24 bits per heavy atom. The zero-order valence-electron chi connectivity index (χ0n) is 11.9. The molecule has 0 bridgehead atoms. The molecule has 1 aromatic rings. The summed E-state index contributed by atoms with van der Waals surface area (Å²) in [7, 11) is 0. The third kappa shape index (κ3) is 4.50. The number of nitrogens with zero attached hydrogens (tertiary/aromatic N) is 1. The van der Waals surface area contributed by atoms with Crippen LogP contribution in [0, 0.1) is 5.92 Å². The van der Waals surface area contributed by atoms with Gasteiger partial charge in [0.2, 0.25) is 5.91 Å². The number of nitrogens with two attached hydrogens (primary N) is 1. The van der Waals surface area contributed by atoms with Gasteiger partial charge in [0.05, 0.1) is 11.6 Å². The Hall–Kier alpha value is -0.970. The van der Waals surface area contributed by atoms with Crippen LogP contribution in [0.1, 0.15) is 19.3 Å². The van der Waals surface area contributed by atoms with Crippen molar-refractivity contribution in [3.8, 4) is 5.75 Å². The van der Waals surface area contributed by atoms with Crippen molar-refractivity contribution in [1.29, 1.82) is 0 Å². The van der Waals surface area contributed by atoms with Crippen LogP contribution in [0.5, 0.6) is 5.75 Å². The molecule has 116 valence electrons. The normalized spacial score (nSPS) is 18.0. The lowest BCUT2D eigenvalue weighted by atomic mass is 10.1. The Kier molecular flexibility index (Phi) is 6.15. The Balaban J connectivity index is 1.70. The minimum Gasteiger partial charge on any atom is -0.492 e. The molecule has 0 radical (unpaired) electrons. The fourth-order valence-electron chi connectivity index (χ4n) is 2.41. The number of carbonyl (C=O) groups excluding carboxylic acids is 1. The lowest BCUT2D eigenvalue weighted by molar-refractivity contribution is -0.130. The van der Waals surface area contributed by atoms with Crippen LogP contribution < -0.4 is 10.5 Å². The molecule has 0 spiro atoms. The molecule has 0 aromatic heterocycles. The first-order chi connectivity index (χ1) is 10.1. The Labute approximate surface area is 135 Å². The van der Waals surface area contributed by atoms with Crippen LogP contribution >= 0.6 is 23.2 Å². The highest BCUT2D eigenvalue weighted by molar-refractivity contribution is 6.42. The summed E-state index contributed by atoms with van der Waals surface area (Å²) in [4.78, 5) is 13.9. The summed E-state index contributed by atoms with van der Waals surface area (Å²) in [6.07, 6.45) is 2.15. The van der Waals surface area contributed by atoms with Gasteiger partial charge in [-0.25, -0.2) is 0 Å². The Morgan fingerprint density at radius 1 is 1.43 bits per heavy atom. The Morgan fingerprint density at radius 3 is 2.95 bits per heavy atom. The lowest BCUT2D eigenvalue weighted by Gasteiger charge is -2.16. The van der Waals surface area contributed by atoms with Gasteiger partial charge in [0.15, 0.2) is 0 Å². The number of amides is 1. The smallest absolute Gasteiger partial charge is 0.222 e. The quantitative estimate of drug-likeness (QED) is 0.816. The summed E-state index contributed by atoms with van der Waals surface area (Å²) in [6, 6.07) is 5.26. The molecule has 1 aliphatic rings. The van der Waals surface area contributed by atoms with E-state index in [2.05, 4.69) is 0 Å². The second-order valence-electron chi connectivity index (χ2n) is 5.23. The zero-order valence-corrected chi connectivity index (χ0v) is 13.4. The van der Waals surface area contributed by atoms with Crippen molar-refractivity contribution in [1.82, 2.24) is 4.90 Å². The second kappa shape index (κ2) is 7.87. The molecule has 21 heavy (non-hydrogen) atoms. The van der Waals surface area contributed by atoms with E-state index >= 15 is 0 Å². The number of likely N-dealkylation sites (tertiary alicyclic amines) is 1. The van der Waals surface area contributed by atoms with Crippen molar-refractivity contribution in [2.24, 2.45) is 11.7 Å². The maximum absolute atomic E-state index is 12.0. The summed E-state index contributed by atoms with van der Waals surface area (Å²) >= 11 is 11.9. The molecule has 1 unspecified atom stereocenters. The van der Waals surface area contributed by atoms with E-state index in [1.807, 2.05) is 4.90 Å². The fourth-order valence-corrected chi connectivity index (χ4v) is 2.76. The van der Waals surface area contributed by atoms with Gasteiger partial charge in [0, 0.05) is 19.5 Å². The van der Waals surface area contributed by atoms with Gasteiger partial charge in [0.25, 0.3) is 0 Å². The first-order valence-electron chi connectivity index (χ1n) is 7.16. The van der Waals surface area contributed by atoms with Crippen molar-refractivity contribution >= 4 is 29.1 Å². The SMILES string of the molecule is NCC1CCN(C(=O)CCCOc2cccc(Cl)c2Cl)C1. The van der Waals surface area contributed by atoms with Crippen LogP contribution in [0.3, 0.4) is 0 Å². The maximum Gasteiger partial charge on any atom is 0.222 e. The predicted molar refractivity (Wildman–Crippen MR) is 84.9 cm³/mol.